The molecule has 3 aliphatic rings. The number of halogens is 3. The lowest BCUT2D eigenvalue weighted by atomic mass is 9.78. The number of nitrogens with one attached hydrogen (secondary N) is 1. The van der Waals surface area contributed by atoms with Gasteiger partial charge in [0.2, 0.25) is 0 Å². The lowest BCUT2D eigenvalue weighted by Crippen LogP contribution is -2.69. The van der Waals surface area contributed by atoms with Gasteiger partial charge in [-0.25, -0.2) is 4.79 Å². The van der Waals surface area contributed by atoms with Crippen LogP contribution in [-0.2, 0) is 9.47 Å². The van der Waals surface area contributed by atoms with Gasteiger partial charge in [-0.05, 0) is 56.6 Å². The minimum Gasteiger partial charge on any atom is -0.449 e. The molecule has 172 valence electrons. The molecule has 31 heavy (non-hydrogen) atoms. The minimum atomic E-state index is -4.29. The van der Waals surface area contributed by atoms with E-state index in [1.165, 1.54) is 10.5 Å². The van der Waals surface area contributed by atoms with Crippen molar-refractivity contribution in [3.63, 3.8) is 0 Å². The Hall–Kier alpha value is -1.80. The number of rotatable bonds is 5. The van der Waals surface area contributed by atoms with Gasteiger partial charge >= 0.3 is 12.3 Å². The van der Waals surface area contributed by atoms with E-state index in [9.17, 15) is 18.0 Å². The molecule has 2 atom stereocenters. The largest absolute Gasteiger partial charge is 0.449 e. The Kier molecular flexibility index (Phi) is 6.77. The third-order valence-electron chi connectivity index (χ3n) is 7.10. The average Bonchev–Trinajstić information content (AvgIpc) is 2.73. The van der Waals surface area contributed by atoms with Crippen molar-refractivity contribution in [2.75, 3.05) is 26.3 Å². The molecule has 2 heterocycles. The summed E-state index contributed by atoms with van der Waals surface area (Å²) in [6.07, 6.45) is 0.780. The molecule has 2 unspecified atom stereocenters. The highest BCUT2D eigenvalue weighted by atomic mass is 19.4. The normalized spacial score (nSPS) is 32.5. The van der Waals surface area contributed by atoms with Crippen LogP contribution in [-0.4, -0.2) is 61.2 Å². The predicted molar refractivity (Wildman–Crippen MR) is 110 cm³/mol. The van der Waals surface area contributed by atoms with E-state index in [1.807, 2.05) is 6.07 Å². The van der Waals surface area contributed by atoms with Crippen molar-refractivity contribution in [1.82, 2.24) is 10.2 Å². The molecule has 5 nitrogen and oxygen atoms in total. The number of carbonyl (C=O) groups is 1. The van der Waals surface area contributed by atoms with E-state index in [0.29, 0.717) is 31.7 Å². The number of benzene rings is 1. The maximum absolute atomic E-state index is 13.3. The highest BCUT2D eigenvalue weighted by molar-refractivity contribution is 5.69. The first-order valence-electron chi connectivity index (χ1n) is 11.3. The zero-order valence-corrected chi connectivity index (χ0v) is 17.7. The van der Waals surface area contributed by atoms with E-state index < -0.39 is 30.4 Å². The van der Waals surface area contributed by atoms with E-state index in [1.54, 1.807) is 0 Å². The van der Waals surface area contributed by atoms with Crippen LogP contribution in [0.1, 0.15) is 56.4 Å². The molecule has 8 heteroatoms. The van der Waals surface area contributed by atoms with E-state index >= 15 is 0 Å². The number of likely N-dealkylation sites (tertiary alicyclic amines) is 1. The predicted octanol–water partition coefficient (Wildman–Crippen LogP) is 4.62. The van der Waals surface area contributed by atoms with Crippen molar-refractivity contribution in [3.8, 4) is 0 Å². The van der Waals surface area contributed by atoms with Crippen LogP contribution in [0.4, 0.5) is 18.0 Å². The van der Waals surface area contributed by atoms with Crippen LogP contribution in [0.2, 0.25) is 0 Å². The molecule has 1 aromatic carbocycles. The fourth-order valence-corrected chi connectivity index (χ4v) is 5.53. The van der Waals surface area contributed by atoms with Crippen molar-refractivity contribution in [2.24, 2.45) is 0 Å². The van der Waals surface area contributed by atoms with Crippen molar-refractivity contribution in [3.05, 3.63) is 35.9 Å². The number of nitrogens with zero attached hydrogens (tertiary/aromatic N) is 1. The first-order chi connectivity index (χ1) is 14.8. The first-order valence-corrected chi connectivity index (χ1v) is 11.3. The van der Waals surface area contributed by atoms with Gasteiger partial charge < -0.3 is 14.8 Å². The zero-order chi connectivity index (χ0) is 21.9. The van der Waals surface area contributed by atoms with Crippen LogP contribution < -0.4 is 5.32 Å². The fraction of sp³-hybridized carbons (Fsp3) is 0.696. The van der Waals surface area contributed by atoms with E-state index in [4.69, 9.17) is 9.47 Å². The zero-order valence-electron chi connectivity index (χ0n) is 17.7. The monoisotopic (exact) mass is 440 g/mol. The summed E-state index contributed by atoms with van der Waals surface area (Å²) in [6, 6.07) is 9.92. The standard InChI is InChI=1S/C23H31F3N2O3/c24-23(25,26)16-28-13-4-11-22(12-14-30-21(29)27-22)20(28)15-31-19-9-7-18(8-10-19)17-5-2-1-3-6-17/h1-3,5-6,18-20H,4,7-16H2,(H,27,29). The maximum Gasteiger partial charge on any atom is 0.407 e. The average molecular weight is 441 g/mol. The highest BCUT2D eigenvalue weighted by Crippen LogP contribution is 2.37. The minimum absolute atomic E-state index is 0.0437. The van der Waals surface area contributed by atoms with Gasteiger partial charge in [0.25, 0.3) is 0 Å². The van der Waals surface area contributed by atoms with Gasteiger partial charge in [-0.15, -0.1) is 0 Å². The molecule has 1 aromatic rings. The smallest absolute Gasteiger partial charge is 0.407 e. The van der Waals surface area contributed by atoms with E-state index in [-0.39, 0.29) is 19.3 Å². The number of cyclic esters (lactones) is 1. The molecule has 1 saturated carbocycles. The van der Waals surface area contributed by atoms with Gasteiger partial charge in [-0.1, -0.05) is 30.3 Å². The van der Waals surface area contributed by atoms with Crippen molar-refractivity contribution < 1.29 is 27.4 Å². The molecule has 0 radical (unpaired) electrons. The maximum atomic E-state index is 13.3. The number of hydrogen-bond donors (Lipinski definition) is 1. The molecule has 0 aromatic heterocycles. The SMILES string of the molecule is O=C1NC2(CCCN(CC(F)(F)F)C2COC2CCC(c3ccccc3)CC2)CCO1. The lowest BCUT2D eigenvalue weighted by Gasteiger charge is -2.51. The summed E-state index contributed by atoms with van der Waals surface area (Å²) < 4.78 is 51.0. The first kappa shape index (κ1) is 22.4. The lowest BCUT2D eigenvalue weighted by molar-refractivity contribution is -0.167. The number of piperidine rings is 1. The van der Waals surface area contributed by atoms with Gasteiger partial charge in [0.1, 0.15) is 0 Å². The molecular formula is C23H31F3N2O3. The van der Waals surface area contributed by atoms with Crippen LogP contribution in [0.5, 0.6) is 0 Å². The number of ether oxygens (including phenoxy) is 2. The fourth-order valence-electron chi connectivity index (χ4n) is 5.53. The topological polar surface area (TPSA) is 50.8 Å². The summed E-state index contributed by atoms with van der Waals surface area (Å²) in [7, 11) is 0. The Morgan fingerprint density at radius 1 is 1.13 bits per heavy atom. The van der Waals surface area contributed by atoms with Crippen LogP contribution in [0, 0.1) is 0 Å². The van der Waals surface area contributed by atoms with Crippen LogP contribution >= 0.6 is 0 Å². The molecule has 4 rings (SSSR count). The van der Waals surface area contributed by atoms with Gasteiger partial charge in [0, 0.05) is 6.42 Å². The second-order valence-electron chi connectivity index (χ2n) is 9.09. The third kappa shape index (κ3) is 5.52. The Balaban J connectivity index is 1.40. The summed E-state index contributed by atoms with van der Waals surface area (Å²) in [5.41, 5.74) is 0.619. The second-order valence-corrected chi connectivity index (χ2v) is 9.09. The quantitative estimate of drug-likeness (QED) is 0.726. The summed E-state index contributed by atoms with van der Waals surface area (Å²) in [5.74, 6) is 0.513. The van der Waals surface area contributed by atoms with Crippen LogP contribution in [0.3, 0.4) is 0 Å². The second kappa shape index (κ2) is 9.36. The molecule has 1 spiro atoms. The molecule has 1 aliphatic carbocycles. The number of carbonyl (C=O) groups excluding carboxylic acids is 1. The third-order valence-corrected chi connectivity index (χ3v) is 7.10. The summed E-state index contributed by atoms with van der Waals surface area (Å²) >= 11 is 0. The number of alkyl halides is 3. The van der Waals surface area contributed by atoms with Gasteiger partial charge in [-0.2, -0.15) is 13.2 Å². The van der Waals surface area contributed by atoms with Gasteiger partial charge in [-0.3, -0.25) is 4.90 Å². The van der Waals surface area contributed by atoms with Gasteiger partial charge in [0.15, 0.2) is 0 Å². The van der Waals surface area contributed by atoms with Crippen LogP contribution in [0.25, 0.3) is 0 Å². The summed E-state index contributed by atoms with van der Waals surface area (Å²) in [4.78, 5) is 13.4. The molecule has 1 amide bonds. The summed E-state index contributed by atoms with van der Waals surface area (Å²) in [5, 5.41) is 2.86. The molecule has 1 N–H and O–H groups in total. The number of amides is 1. The Morgan fingerprint density at radius 2 is 1.87 bits per heavy atom. The highest BCUT2D eigenvalue weighted by Gasteiger charge is 2.50. The van der Waals surface area contributed by atoms with E-state index in [2.05, 4.69) is 29.6 Å². The molecular weight excluding hydrogens is 409 g/mol. The Labute approximate surface area is 181 Å². The molecule has 2 saturated heterocycles. The number of hydrogen-bond acceptors (Lipinski definition) is 4. The van der Waals surface area contributed by atoms with Crippen molar-refractivity contribution >= 4 is 6.09 Å². The molecule has 3 fully saturated rings. The van der Waals surface area contributed by atoms with E-state index in [0.717, 1.165) is 25.7 Å². The van der Waals surface area contributed by atoms with Gasteiger partial charge in [0.05, 0.1) is 37.4 Å². The van der Waals surface area contributed by atoms with Crippen molar-refractivity contribution in [2.45, 2.75) is 74.7 Å². The molecule has 2 aliphatic heterocycles. The Morgan fingerprint density at radius 3 is 2.55 bits per heavy atom. The van der Waals surface area contributed by atoms with Crippen LogP contribution in [0.15, 0.2) is 30.3 Å². The number of alkyl carbamates (subject to hydrolysis) is 1. The molecule has 0 bridgehead atoms. The summed E-state index contributed by atoms with van der Waals surface area (Å²) in [6.45, 7) is -0.214. The Bertz CT molecular complexity index is 733. The van der Waals surface area contributed by atoms with Crippen molar-refractivity contribution in [1.29, 1.82) is 0 Å².